The normalized spacial score (nSPS) is 11.1. The van der Waals surface area contributed by atoms with Crippen molar-refractivity contribution >= 4 is 22.3 Å². The van der Waals surface area contributed by atoms with Gasteiger partial charge in [0.2, 0.25) is 5.91 Å². The van der Waals surface area contributed by atoms with Crippen LogP contribution in [0, 0.1) is 5.82 Å². The van der Waals surface area contributed by atoms with Crippen LogP contribution in [0.15, 0.2) is 59.7 Å². The molecule has 0 aliphatic heterocycles. The van der Waals surface area contributed by atoms with Crippen molar-refractivity contribution in [2.24, 2.45) is 0 Å². The van der Waals surface area contributed by atoms with Crippen molar-refractivity contribution in [2.75, 3.05) is 7.11 Å². The second kappa shape index (κ2) is 7.15. The van der Waals surface area contributed by atoms with Crippen molar-refractivity contribution in [1.29, 1.82) is 0 Å². The van der Waals surface area contributed by atoms with E-state index in [0.717, 1.165) is 16.0 Å². The molecule has 0 fully saturated rings. The first-order valence-electron chi connectivity index (χ1n) is 8.61. The quantitative estimate of drug-likeness (QED) is 0.575. The lowest BCUT2D eigenvalue weighted by atomic mass is 10.2. The second-order valence-electron chi connectivity index (χ2n) is 6.32. The number of halogens is 1. The molecule has 0 aliphatic carbocycles. The highest BCUT2D eigenvalue weighted by Gasteiger charge is 2.12. The summed E-state index contributed by atoms with van der Waals surface area (Å²) in [5, 5.41) is 7.42. The van der Waals surface area contributed by atoms with E-state index in [1.165, 1.54) is 18.5 Å². The molecule has 2 heterocycles. The van der Waals surface area contributed by atoms with Crippen LogP contribution >= 0.6 is 0 Å². The van der Waals surface area contributed by atoms with Gasteiger partial charge in [-0.05, 0) is 42.0 Å². The van der Waals surface area contributed by atoms with Crippen molar-refractivity contribution in [3.8, 4) is 5.75 Å². The largest absolute Gasteiger partial charge is 0.497 e. The molecule has 0 bridgehead atoms. The number of aromatic nitrogens is 3. The third kappa shape index (κ3) is 3.32. The number of nitrogens with zero attached hydrogens (tertiary/aromatic N) is 3. The van der Waals surface area contributed by atoms with E-state index in [2.05, 4.69) is 10.4 Å². The molecule has 0 saturated carbocycles. The van der Waals surface area contributed by atoms with Crippen LogP contribution in [0.2, 0.25) is 0 Å². The Morgan fingerprint density at radius 3 is 2.68 bits per heavy atom. The SMILES string of the molecule is COc1ccc(CNC(=O)Cn2ncn3c(cc4cc(F)ccc43)c2=O)cc1. The van der Waals surface area contributed by atoms with Crippen molar-refractivity contribution in [2.45, 2.75) is 13.1 Å². The molecule has 0 spiro atoms. The number of hydrogen-bond acceptors (Lipinski definition) is 4. The summed E-state index contributed by atoms with van der Waals surface area (Å²) in [6, 6.07) is 13.2. The van der Waals surface area contributed by atoms with Gasteiger partial charge in [0, 0.05) is 11.9 Å². The number of ether oxygens (including phenoxy) is 1. The summed E-state index contributed by atoms with van der Waals surface area (Å²) in [6.45, 7) is 0.121. The van der Waals surface area contributed by atoms with Gasteiger partial charge in [0.05, 0.1) is 12.6 Å². The van der Waals surface area contributed by atoms with E-state index in [0.29, 0.717) is 23.0 Å². The minimum absolute atomic E-state index is 0.207. The molecule has 0 aliphatic rings. The van der Waals surface area contributed by atoms with Crippen LogP contribution in [0.3, 0.4) is 0 Å². The monoisotopic (exact) mass is 380 g/mol. The number of fused-ring (bicyclic) bond motifs is 3. The van der Waals surface area contributed by atoms with Crippen molar-refractivity contribution in [1.82, 2.24) is 19.5 Å². The fraction of sp³-hybridized carbons (Fsp3) is 0.150. The van der Waals surface area contributed by atoms with E-state index < -0.39 is 5.56 Å². The van der Waals surface area contributed by atoms with E-state index >= 15 is 0 Å². The first-order valence-corrected chi connectivity index (χ1v) is 8.61. The summed E-state index contributed by atoms with van der Waals surface area (Å²) in [5.41, 5.74) is 1.50. The third-order valence-electron chi connectivity index (χ3n) is 4.50. The van der Waals surface area contributed by atoms with Gasteiger partial charge in [-0.3, -0.25) is 14.0 Å². The standard InChI is InChI=1S/C20H17FN4O3/c1-28-16-5-2-13(3-6-16)10-22-19(26)11-25-20(27)18-9-14-8-15(21)4-7-17(14)24(18)12-23-25/h2-9,12H,10-11H2,1H3,(H,22,26). The molecule has 28 heavy (non-hydrogen) atoms. The molecule has 0 saturated heterocycles. The average molecular weight is 380 g/mol. The number of rotatable bonds is 5. The van der Waals surface area contributed by atoms with Crippen LogP contribution in [-0.2, 0) is 17.9 Å². The van der Waals surface area contributed by atoms with Crippen LogP contribution in [0.25, 0.3) is 16.4 Å². The van der Waals surface area contributed by atoms with Crippen molar-refractivity contribution in [3.05, 3.63) is 76.6 Å². The predicted molar refractivity (Wildman–Crippen MR) is 102 cm³/mol. The molecular formula is C20H17FN4O3. The lowest BCUT2D eigenvalue weighted by molar-refractivity contribution is -0.122. The molecule has 2 aromatic heterocycles. The number of methoxy groups -OCH3 is 1. The fourth-order valence-electron chi connectivity index (χ4n) is 3.04. The Morgan fingerprint density at radius 1 is 1.14 bits per heavy atom. The minimum atomic E-state index is -0.418. The molecule has 0 radical (unpaired) electrons. The lowest BCUT2D eigenvalue weighted by Gasteiger charge is -2.08. The number of carbonyl (C=O) groups is 1. The number of nitrogens with one attached hydrogen (secondary N) is 1. The first kappa shape index (κ1) is 17.7. The molecule has 4 rings (SSSR count). The van der Waals surface area contributed by atoms with Crippen LogP contribution in [0.1, 0.15) is 5.56 Å². The van der Waals surface area contributed by atoms with Gasteiger partial charge in [-0.25, -0.2) is 9.07 Å². The Kier molecular flexibility index (Phi) is 4.52. The topological polar surface area (TPSA) is 77.6 Å². The van der Waals surface area contributed by atoms with Crippen molar-refractivity contribution < 1.29 is 13.9 Å². The molecule has 0 atom stereocenters. The highest BCUT2D eigenvalue weighted by Crippen LogP contribution is 2.18. The van der Waals surface area contributed by atoms with E-state index in [-0.39, 0.29) is 18.3 Å². The van der Waals surface area contributed by atoms with Crippen LogP contribution < -0.4 is 15.6 Å². The number of carbonyl (C=O) groups excluding carboxylic acids is 1. The van der Waals surface area contributed by atoms with Gasteiger partial charge in [-0.2, -0.15) is 5.10 Å². The Bertz CT molecular complexity index is 1230. The smallest absolute Gasteiger partial charge is 0.291 e. The number of amides is 1. The Hall–Kier alpha value is -3.68. The zero-order valence-corrected chi connectivity index (χ0v) is 15.1. The van der Waals surface area contributed by atoms with E-state index in [1.807, 2.05) is 24.3 Å². The summed E-state index contributed by atoms with van der Waals surface area (Å²) in [4.78, 5) is 24.9. The zero-order chi connectivity index (χ0) is 19.7. The molecule has 1 N–H and O–H groups in total. The third-order valence-corrected chi connectivity index (χ3v) is 4.50. The predicted octanol–water partition coefficient (Wildman–Crippen LogP) is 2.11. The Balaban J connectivity index is 1.52. The summed E-state index contributed by atoms with van der Waals surface area (Å²) in [6.07, 6.45) is 1.45. The lowest BCUT2D eigenvalue weighted by Crippen LogP contribution is -2.33. The summed E-state index contributed by atoms with van der Waals surface area (Å²) >= 11 is 0. The summed E-state index contributed by atoms with van der Waals surface area (Å²) in [7, 11) is 1.59. The van der Waals surface area contributed by atoms with Gasteiger partial charge in [0.1, 0.15) is 30.0 Å². The highest BCUT2D eigenvalue weighted by molar-refractivity contribution is 5.86. The van der Waals surface area contributed by atoms with Crippen LogP contribution in [-0.4, -0.2) is 27.2 Å². The first-order chi connectivity index (χ1) is 13.5. The fourth-order valence-corrected chi connectivity index (χ4v) is 3.04. The number of hydrogen-bond donors (Lipinski definition) is 1. The van der Waals surface area contributed by atoms with E-state index in [1.54, 1.807) is 23.6 Å². The van der Waals surface area contributed by atoms with Gasteiger partial charge in [-0.1, -0.05) is 12.1 Å². The molecule has 2 aromatic carbocycles. The Labute approximate surface area is 159 Å². The van der Waals surface area contributed by atoms with Crippen LogP contribution in [0.4, 0.5) is 4.39 Å². The van der Waals surface area contributed by atoms with E-state index in [4.69, 9.17) is 4.74 Å². The van der Waals surface area contributed by atoms with Gasteiger partial charge >= 0.3 is 0 Å². The maximum Gasteiger partial charge on any atom is 0.291 e. The maximum absolute atomic E-state index is 13.4. The Morgan fingerprint density at radius 2 is 1.93 bits per heavy atom. The molecule has 1 amide bonds. The molecule has 0 unspecified atom stereocenters. The molecular weight excluding hydrogens is 363 g/mol. The summed E-state index contributed by atoms with van der Waals surface area (Å²) in [5.74, 6) is 0.0186. The second-order valence-corrected chi connectivity index (χ2v) is 6.32. The van der Waals surface area contributed by atoms with Gasteiger partial charge in [-0.15, -0.1) is 0 Å². The molecule has 8 heteroatoms. The minimum Gasteiger partial charge on any atom is -0.497 e. The van der Waals surface area contributed by atoms with E-state index in [9.17, 15) is 14.0 Å². The zero-order valence-electron chi connectivity index (χ0n) is 15.1. The van der Waals surface area contributed by atoms with Crippen molar-refractivity contribution in [3.63, 3.8) is 0 Å². The average Bonchev–Trinajstić information content (AvgIpc) is 3.07. The highest BCUT2D eigenvalue weighted by atomic mass is 19.1. The maximum atomic E-state index is 13.4. The molecule has 142 valence electrons. The van der Waals surface area contributed by atoms with Gasteiger partial charge in [0.25, 0.3) is 5.56 Å². The number of benzene rings is 2. The van der Waals surface area contributed by atoms with Crippen LogP contribution in [0.5, 0.6) is 5.75 Å². The molecule has 7 nitrogen and oxygen atoms in total. The molecule has 4 aromatic rings. The summed E-state index contributed by atoms with van der Waals surface area (Å²) < 4.78 is 21.2. The van der Waals surface area contributed by atoms with Gasteiger partial charge in [0.15, 0.2) is 0 Å². The van der Waals surface area contributed by atoms with Gasteiger partial charge < -0.3 is 10.1 Å².